The first-order valence-electron chi connectivity index (χ1n) is 6.19. The molecule has 1 rings (SSSR count). The Hall–Kier alpha value is -1.30. The summed E-state index contributed by atoms with van der Waals surface area (Å²) >= 11 is 0. The van der Waals surface area contributed by atoms with Crippen molar-refractivity contribution in [3.05, 3.63) is 23.8 Å². The number of hydrogen-bond donors (Lipinski definition) is 1. The monoisotopic (exact) mass is 269 g/mol. The third-order valence-corrected chi connectivity index (χ3v) is 2.96. The molecule has 0 fully saturated rings. The van der Waals surface area contributed by atoms with E-state index in [0.29, 0.717) is 24.7 Å². The van der Waals surface area contributed by atoms with E-state index in [4.69, 9.17) is 14.2 Å². The molecule has 0 amide bonds. The molecule has 0 heterocycles. The Kier molecular flexibility index (Phi) is 6.62. The lowest BCUT2D eigenvalue weighted by molar-refractivity contribution is 0.102. The van der Waals surface area contributed by atoms with Crippen molar-refractivity contribution >= 4 is 0 Å². The van der Waals surface area contributed by atoms with Gasteiger partial charge in [-0.1, -0.05) is 0 Å². The molecule has 5 nitrogen and oxygen atoms in total. The van der Waals surface area contributed by atoms with Gasteiger partial charge in [-0.05, 0) is 19.2 Å². The molecule has 0 bridgehead atoms. The molecule has 1 N–H and O–H groups in total. The zero-order valence-corrected chi connectivity index (χ0v) is 12.0. The molecule has 5 heteroatoms. The molecule has 0 aliphatic carbocycles. The molecule has 19 heavy (non-hydrogen) atoms. The summed E-state index contributed by atoms with van der Waals surface area (Å²) in [4.78, 5) is 2.01. The van der Waals surface area contributed by atoms with E-state index in [1.165, 1.54) is 0 Å². The van der Waals surface area contributed by atoms with Gasteiger partial charge < -0.3 is 24.2 Å². The van der Waals surface area contributed by atoms with Crippen molar-refractivity contribution in [2.75, 3.05) is 48.1 Å². The summed E-state index contributed by atoms with van der Waals surface area (Å²) < 4.78 is 15.4. The van der Waals surface area contributed by atoms with Crippen LogP contribution in [0.25, 0.3) is 0 Å². The van der Waals surface area contributed by atoms with E-state index in [0.717, 1.165) is 12.1 Å². The Bertz CT molecular complexity index is 384. The number of rotatable bonds is 8. The van der Waals surface area contributed by atoms with Gasteiger partial charge in [0.15, 0.2) is 0 Å². The summed E-state index contributed by atoms with van der Waals surface area (Å²) in [6, 6.07) is 5.41. The van der Waals surface area contributed by atoms with Gasteiger partial charge >= 0.3 is 0 Å². The van der Waals surface area contributed by atoms with Gasteiger partial charge in [0.25, 0.3) is 0 Å². The summed E-state index contributed by atoms with van der Waals surface area (Å²) in [5.74, 6) is 1.34. The Morgan fingerprint density at radius 3 is 2.53 bits per heavy atom. The summed E-state index contributed by atoms with van der Waals surface area (Å²) in [5, 5.41) is 10.3. The minimum absolute atomic E-state index is 0.520. The van der Waals surface area contributed by atoms with Crippen LogP contribution < -0.4 is 9.47 Å². The molecule has 1 aromatic rings. The van der Waals surface area contributed by atoms with Crippen molar-refractivity contribution in [2.24, 2.45) is 0 Å². The van der Waals surface area contributed by atoms with Crippen molar-refractivity contribution < 1.29 is 19.3 Å². The van der Waals surface area contributed by atoms with Crippen molar-refractivity contribution in [3.8, 4) is 11.5 Å². The lowest BCUT2D eigenvalue weighted by atomic mass is 10.1. The molecule has 0 aromatic heterocycles. The molecule has 0 aliphatic rings. The van der Waals surface area contributed by atoms with E-state index in [2.05, 4.69) is 0 Å². The van der Waals surface area contributed by atoms with Gasteiger partial charge in [0.05, 0.1) is 26.9 Å². The zero-order valence-electron chi connectivity index (χ0n) is 12.0. The Morgan fingerprint density at radius 1 is 1.21 bits per heavy atom. The fraction of sp³-hybridized carbons (Fsp3) is 0.571. The first-order chi connectivity index (χ1) is 9.12. The highest BCUT2D eigenvalue weighted by atomic mass is 16.5. The van der Waals surface area contributed by atoms with Crippen LogP contribution in [0.3, 0.4) is 0 Å². The van der Waals surface area contributed by atoms with Crippen molar-refractivity contribution in [1.82, 2.24) is 4.90 Å². The largest absolute Gasteiger partial charge is 0.497 e. The molecule has 0 saturated heterocycles. The number of methoxy groups -OCH3 is 3. The van der Waals surface area contributed by atoms with Crippen LogP contribution in [0.1, 0.15) is 11.7 Å². The fourth-order valence-corrected chi connectivity index (χ4v) is 1.83. The summed E-state index contributed by atoms with van der Waals surface area (Å²) in [6.07, 6.45) is -0.609. The third kappa shape index (κ3) is 4.70. The van der Waals surface area contributed by atoms with Gasteiger partial charge in [0.2, 0.25) is 0 Å². The average molecular weight is 269 g/mol. The van der Waals surface area contributed by atoms with Crippen molar-refractivity contribution in [3.63, 3.8) is 0 Å². The van der Waals surface area contributed by atoms with E-state index in [1.807, 2.05) is 24.1 Å². The maximum Gasteiger partial charge on any atom is 0.128 e. The van der Waals surface area contributed by atoms with Crippen LogP contribution in [-0.4, -0.2) is 58.1 Å². The fourth-order valence-electron chi connectivity index (χ4n) is 1.83. The number of benzene rings is 1. The number of aliphatic hydroxyl groups excluding tert-OH is 1. The highest BCUT2D eigenvalue weighted by Crippen LogP contribution is 2.29. The van der Waals surface area contributed by atoms with Gasteiger partial charge in [-0.25, -0.2) is 0 Å². The van der Waals surface area contributed by atoms with Crippen LogP contribution in [-0.2, 0) is 4.74 Å². The molecule has 1 aromatic carbocycles. The van der Waals surface area contributed by atoms with Gasteiger partial charge in [-0.2, -0.15) is 0 Å². The smallest absolute Gasteiger partial charge is 0.128 e. The van der Waals surface area contributed by atoms with Gasteiger partial charge in [-0.3, -0.25) is 0 Å². The zero-order chi connectivity index (χ0) is 14.3. The van der Waals surface area contributed by atoms with Crippen molar-refractivity contribution in [1.29, 1.82) is 0 Å². The molecule has 0 radical (unpaired) electrons. The highest BCUT2D eigenvalue weighted by Gasteiger charge is 2.16. The molecule has 108 valence electrons. The summed E-state index contributed by atoms with van der Waals surface area (Å²) in [5.41, 5.74) is 0.757. The van der Waals surface area contributed by atoms with Gasteiger partial charge in [0, 0.05) is 31.8 Å². The summed E-state index contributed by atoms with van der Waals surface area (Å²) in [6.45, 7) is 1.93. The lowest BCUT2D eigenvalue weighted by Crippen LogP contribution is -2.28. The highest BCUT2D eigenvalue weighted by molar-refractivity contribution is 5.42. The average Bonchev–Trinajstić information content (AvgIpc) is 2.44. The minimum atomic E-state index is -0.609. The molecular formula is C14H23NO4. The number of aliphatic hydroxyl groups is 1. The van der Waals surface area contributed by atoms with Crippen LogP contribution in [0.15, 0.2) is 18.2 Å². The van der Waals surface area contributed by atoms with Crippen LogP contribution in [0.4, 0.5) is 0 Å². The second-order valence-electron chi connectivity index (χ2n) is 4.38. The lowest BCUT2D eigenvalue weighted by Gasteiger charge is -2.22. The molecule has 0 aliphatic heterocycles. The van der Waals surface area contributed by atoms with E-state index in [1.54, 1.807) is 27.4 Å². The first kappa shape index (κ1) is 15.8. The maximum absolute atomic E-state index is 10.3. The standard InChI is InChI=1S/C14H23NO4/c1-15(7-8-17-2)10-13(16)12-6-5-11(18-3)9-14(12)19-4/h5-6,9,13,16H,7-8,10H2,1-4H3. The van der Waals surface area contributed by atoms with Gasteiger partial charge in [0.1, 0.15) is 11.5 Å². The van der Waals surface area contributed by atoms with Crippen molar-refractivity contribution in [2.45, 2.75) is 6.10 Å². The molecule has 1 atom stereocenters. The number of ether oxygens (including phenoxy) is 3. The SMILES string of the molecule is COCCN(C)CC(O)c1ccc(OC)cc1OC. The van der Waals surface area contributed by atoms with Crippen LogP contribution in [0, 0.1) is 0 Å². The number of nitrogens with zero attached hydrogens (tertiary/aromatic N) is 1. The molecule has 0 saturated carbocycles. The van der Waals surface area contributed by atoms with E-state index in [9.17, 15) is 5.11 Å². The predicted octanol–water partition coefficient (Wildman–Crippen LogP) is 1.32. The van der Waals surface area contributed by atoms with Crippen LogP contribution in [0.2, 0.25) is 0 Å². The first-order valence-corrected chi connectivity index (χ1v) is 6.19. The number of likely N-dealkylation sites (N-methyl/N-ethyl adjacent to an activating group) is 1. The van der Waals surface area contributed by atoms with Crippen LogP contribution in [0.5, 0.6) is 11.5 Å². The molecule has 1 unspecified atom stereocenters. The van der Waals surface area contributed by atoms with E-state index >= 15 is 0 Å². The van der Waals surface area contributed by atoms with Crippen LogP contribution >= 0.6 is 0 Å². The van der Waals surface area contributed by atoms with E-state index in [-0.39, 0.29) is 0 Å². The second-order valence-corrected chi connectivity index (χ2v) is 4.38. The molecular weight excluding hydrogens is 246 g/mol. The quantitative estimate of drug-likeness (QED) is 0.771. The topological polar surface area (TPSA) is 51.2 Å². The number of hydrogen-bond acceptors (Lipinski definition) is 5. The van der Waals surface area contributed by atoms with Gasteiger partial charge in [-0.15, -0.1) is 0 Å². The Morgan fingerprint density at radius 2 is 1.95 bits per heavy atom. The van der Waals surface area contributed by atoms with E-state index < -0.39 is 6.10 Å². The predicted molar refractivity (Wildman–Crippen MR) is 73.9 cm³/mol. The second kappa shape index (κ2) is 7.99. The Labute approximate surface area is 114 Å². The normalized spacial score (nSPS) is 12.5. The molecule has 0 spiro atoms. The minimum Gasteiger partial charge on any atom is -0.497 e. The third-order valence-electron chi connectivity index (χ3n) is 2.96. The maximum atomic E-state index is 10.3. The summed E-state index contributed by atoms with van der Waals surface area (Å²) in [7, 11) is 6.79. The Balaban J connectivity index is 2.72.